The molecule has 0 aliphatic heterocycles. The molecule has 26 heavy (non-hydrogen) atoms. The summed E-state index contributed by atoms with van der Waals surface area (Å²) in [5.41, 5.74) is 2.81. The Bertz CT molecular complexity index is 1070. The van der Waals surface area contributed by atoms with Crippen molar-refractivity contribution in [3.05, 3.63) is 78.3 Å². The first kappa shape index (κ1) is 16.0. The maximum atomic E-state index is 12.9. The second kappa shape index (κ2) is 6.78. The van der Waals surface area contributed by atoms with Gasteiger partial charge in [-0.1, -0.05) is 18.2 Å². The molecular weight excluding hydrogens is 330 g/mol. The third kappa shape index (κ3) is 2.94. The third-order valence-corrected chi connectivity index (χ3v) is 4.06. The minimum absolute atomic E-state index is 0.188. The lowest BCUT2D eigenvalue weighted by atomic mass is 10.1. The number of nitrogens with one attached hydrogen (secondary N) is 1. The highest BCUT2D eigenvalue weighted by Gasteiger charge is 2.16. The highest BCUT2D eigenvalue weighted by Crippen LogP contribution is 2.26. The molecule has 3 aromatic heterocycles. The quantitative estimate of drug-likeness (QED) is 0.589. The largest absolute Gasteiger partial charge is 0.463 e. The van der Waals surface area contributed by atoms with E-state index in [-0.39, 0.29) is 12.5 Å². The van der Waals surface area contributed by atoms with Crippen LogP contribution in [0, 0.1) is 0 Å². The van der Waals surface area contributed by atoms with Crippen molar-refractivity contribution in [1.29, 1.82) is 0 Å². The van der Waals surface area contributed by atoms with Crippen LogP contribution in [0.2, 0.25) is 0 Å². The van der Waals surface area contributed by atoms with Crippen molar-refractivity contribution in [2.24, 2.45) is 0 Å². The van der Waals surface area contributed by atoms with Gasteiger partial charge >= 0.3 is 0 Å². The number of aliphatic hydroxyl groups excluding tert-OH is 1. The predicted octanol–water partition coefficient (Wildman–Crippen LogP) is 3.63. The Morgan fingerprint density at radius 1 is 1.15 bits per heavy atom. The average molecular weight is 345 g/mol. The molecule has 3 heterocycles. The number of benzene rings is 1. The normalized spacial score (nSPS) is 10.8. The highest BCUT2D eigenvalue weighted by molar-refractivity contribution is 6.13. The molecule has 128 valence electrons. The number of pyridine rings is 2. The fraction of sp³-hybridized carbons (Fsp3) is 0.0500. The lowest BCUT2D eigenvalue weighted by molar-refractivity contribution is 0.102. The second-order valence-corrected chi connectivity index (χ2v) is 5.69. The van der Waals surface area contributed by atoms with Crippen molar-refractivity contribution in [1.82, 2.24) is 9.97 Å². The number of carbonyl (C=O) groups excluding carboxylic acids is 1. The van der Waals surface area contributed by atoms with Crippen LogP contribution in [0.5, 0.6) is 0 Å². The summed E-state index contributed by atoms with van der Waals surface area (Å²) in [6.45, 7) is -0.188. The molecule has 4 rings (SSSR count). The molecule has 2 N–H and O–H groups in total. The summed E-state index contributed by atoms with van der Waals surface area (Å²) in [7, 11) is 0. The van der Waals surface area contributed by atoms with Gasteiger partial charge in [0.1, 0.15) is 5.69 Å². The van der Waals surface area contributed by atoms with E-state index in [0.717, 1.165) is 5.39 Å². The first-order chi connectivity index (χ1) is 12.8. The van der Waals surface area contributed by atoms with Crippen LogP contribution in [0.25, 0.3) is 22.4 Å². The van der Waals surface area contributed by atoms with Crippen LogP contribution in [0.3, 0.4) is 0 Å². The number of hydrogen-bond donors (Lipinski definition) is 2. The lowest BCUT2D eigenvalue weighted by Gasteiger charge is -2.11. The van der Waals surface area contributed by atoms with Gasteiger partial charge in [-0.05, 0) is 30.3 Å². The molecule has 0 spiro atoms. The zero-order valence-corrected chi connectivity index (χ0v) is 13.7. The number of hydrogen-bond acceptors (Lipinski definition) is 5. The van der Waals surface area contributed by atoms with E-state index in [1.165, 1.54) is 6.20 Å². The number of amides is 1. The van der Waals surface area contributed by atoms with Crippen LogP contribution in [0.15, 0.2) is 71.6 Å². The number of fused-ring (bicyclic) bond motifs is 1. The monoisotopic (exact) mass is 345 g/mol. The Labute approximate surface area is 149 Å². The third-order valence-electron chi connectivity index (χ3n) is 4.06. The van der Waals surface area contributed by atoms with Crippen molar-refractivity contribution in [2.75, 3.05) is 5.32 Å². The summed E-state index contributed by atoms with van der Waals surface area (Å²) < 4.78 is 5.42. The van der Waals surface area contributed by atoms with Gasteiger partial charge in [-0.2, -0.15) is 0 Å². The fourth-order valence-electron chi connectivity index (χ4n) is 2.78. The van der Waals surface area contributed by atoms with Crippen molar-refractivity contribution in [3.8, 4) is 11.5 Å². The van der Waals surface area contributed by atoms with E-state index in [0.29, 0.717) is 33.8 Å². The smallest absolute Gasteiger partial charge is 0.256 e. The second-order valence-electron chi connectivity index (χ2n) is 5.69. The summed E-state index contributed by atoms with van der Waals surface area (Å²) in [6.07, 6.45) is 4.65. The molecule has 6 nitrogen and oxygen atoms in total. The Kier molecular flexibility index (Phi) is 4.17. The maximum absolute atomic E-state index is 12.9. The highest BCUT2D eigenvalue weighted by atomic mass is 16.3. The zero-order chi connectivity index (χ0) is 17.9. The molecule has 0 fully saturated rings. The Hall–Kier alpha value is -3.51. The standard InChI is InChI=1S/C20H15N3O3/c24-12-13-7-8-21-11-18(13)23-20(25)15-10-17(19-6-3-9-26-19)22-16-5-2-1-4-14(15)16/h1-11,24H,12H2,(H,23,25). The SMILES string of the molecule is O=C(Nc1cnccc1CO)c1cc(-c2ccco2)nc2ccccc12. The molecule has 0 aliphatic carbocycles. The van der Waals surface area contributed by atoms with Gasteiger partial charge in [0.05, 0.1) is 35.8 Å². The van der Waals surface area contributed by atoms with E-state index >= 15 is 0 Å². The molecule has 0 saturated heterocycles. The number of anilines is 1. The molecule has 0 bridgehead atoms. The molecular formula is C20H15N3O3. The molecule has 1 amide bonds. The van der Waals surface area contributed by atoms with Crippen molar-refractivity contribution in [2.45, 2.75) is 6.61 Å². The summed E-state index contributed by atoms with van der Waals surface area (Å²) in [5, 5.41) is 13.0. The Balaban J connectivity index is 1.80. The molecule has 0 atom stereocenters. The minimum Gasteiger partial charge on any atom is -0.463 e. The first-order valence-corrected chi connectivity index (χ1v) is 8.05. The van der Waals surface area contributed by atoms with Crippen LogP contribution in [0.4, 0.5) is 5.69 Å². The molecule has 6 heteroatoms. The van der Waals surface area contributed by atoms with Gasteiger partial charge in [0.2, 0.25) is 0 Å². The summed E-state index contributed by atoms with van der Waals surface area (Å²) in [6, 6.07) is 14.4. The lowest BCUT2D eigenvalue weighted by Crippen LogP contribution is -2.14. The Morgan fingerprint density at radius 2 is 2.04 bits per heavy atom. The van der Waals surface area contributed by atoms with Crippen LogP contribution in [0.1, 0.15) is 15.9 Å². The van der Waals surface area contributed by atoms with E-state index in [1.807, 2.05) is 24.3 Å². The van der Waals surface area contributed by atoms with E-state index in [1.54, 1.807) is 36.7 Å². The molecule has 4 aromatic rings. The number of aromatic nitrogens is 2. The fourth-order valence-corrected chi connectivity index (χ4v) is 2.78. The predicted molar refractivity (Wildman–Crippen MR) is 97.6 cm³/mol. The van der Waals surface area contributed by atoms with Crippen LogP contribution in [-0.2, 0) is 6.61 Å². The van der Waals surface area contributed by atoms with E-state index < -0.39 is 0 Å². The van der Waals surface area contributed by atoms with Crippen molar-refractivity contribution >= 4 is 22.5 Å². The van der Waals surface area contributed by atoms with Crippen molar-refractivity contribution < 1.29 is 14.3 Å². The molecule has 0 saturated carbocycles. The number of para-hydroxylation sites is 1. The topological polar surface area (TPSA) is 88.2 Å². The summed E-state index contributed by atoms with van der Waals surface area (Å²) >= 11 is 0. The summed E-state index contributed by atoms with van der Waals surface area (Å²) in [5.74, 6) is 0.279. The van der Waals surface area contributed by atoms with Gasteiger partial charge in [-0.25, -0.2) is 4.98 Å². The van der Waals surface area contributed by atoms with Crippen LogP contribution in [-0.4, -0.2) is 21.0 Å². The molecule has 0 radical (unpaired) electrons. The van der Waals surface area contributed by atoms with Crippen LogP contribution < -0.4 is 5.32 Å². The zero-order valence-electron chi connectivity index (χ0n) is 13.7. The van der Waals surface area contributed by atoms with Gasteiger partial charge in [-0.15, -0.1) is 0 Å². The van der Waals surface area contributed by atoms with Gasteiger partial charge < -0.3 is 14.8 Å². The Morgan fingerprint density at radius 3 is 2.85 bits per heavy atom. The van der Waals surface area contributed by atoms with E-state index in [2.05, 4.69) is 15.3 Å². The van der Waals surface area contributed by atoms with Gasteiger partial charge in [0.15, 0.2) is 5.76 Å². The number of furan rings is 1. The number of nitrogens with zero attached hydrogens (tertiary/aromatic N) is 2. The van der Waals surface area contributed by atoms with Gasteiger partial charge in [0.25, 0.3) is 5.91 Å². The number of carbonyl (C=O) groups is 1. The minimum atomic E-state index is -0.306. The molecule has 0 unspecified atom stereocenters. The molecule has 1 aromatic carbocycles. The van der Waals surface area contributed by atoms with E-state index in [4.69, 9.17) is 4.42 Å². The van der Waals surface area contributed by atoms with E-state index in [9.17, 15) is 9.90 Å². The maximum Gasteiger partial charge on any atom is 0.256 e. The van der Waals surface area contributed by atoms with Gasteiger partial charge in [-0.3, -0.25) is 9.78 Å². The number of rotatable bonds is 4. The number of aliphatic hydroxyl groups is 1. The first-order valence-electron chi connectivity index (χ1n) is 8.05. The van der Waals surface area contributed by atoms with Crippen molar-refractivity contribution in [3.63, 3.8) is 0 Å². The van der Waals surface area contributed by atoms with Gasteiger partial charge in [0, 0.05) is 17.1 Å². The average Bonchev–Trinajstić information content (AvgIpc) is 3.22. The molecule has 0 aliphatic rings. The summed E-state index contributed by atoms with van der Waals surface area (Å²) in [4.78, 5) is 21.5. The van der Waals surface area contributed by atoms with Crippen LogP contribution >= 0.6 is 0 Å².